The van der Waals surface area contributed by atoms with Crippen molar-refractivity contribution in [3.63, 3.8) is 0 Å². The number of piperazine rings is 1. The molecule has 1 saturated heterocycles. The maximum Gasteiger partial charge on any atom is 0.409 e. The molecule has 0 N–H and O–H groups in total. The van der Waals surface area contributed by atoms with E-state index in [0.29, 0.717) is 30.7 Å². The van der Waals surface area contributed by atoms with E-state index in [1.165, 1.54) is 19.1 Å². The number of sulfone groups is 1. The van der Waals surface area contributed by atoms with Gasteiger partial charge in [-0.2, -0.15) is 0 Å². The lowest BCUT2D eigenvalue weighted by Gasteiger charge is -2.38. The largest absolute Gasteiger partial charge is 0.449 e. The zero-order valence-corrected chi connectivity index (χ0v) is 24.4. The molecule has 6 nitrogen and oxygen atoms in total. The molecule has 1 heterocycles. The van der Waals surface area contributed by atoms with Crippen LogP contribution in [0.5, 0.6) is 0 Å². The van der Waals surface area contributed by atoms with Gasteiger partial charge in [0.05, 0.1) is 11.5 Å². The van der Waals surface area contributed by atoms with Crippen molar-refractivity contribution in [3.8, 4) is 0 Å². The van der Waals surface area contributed by atoms with Gasteiger partial charge in [0.1, 0.15) is 16.4 Å². The Hall–Kier alpha value is -2.98. The van der Waals surface area contributed by atoms with E-state index < -0.39 is 38.2 Å². The number of benzene rings is 3. The van der Waals surface area contributed by atoms with Gasteiger partial charge < -0.3 is 14.5 Å². The third-order valence-electron chi connectivity index (χ3n) is 7.54. The lowest BCUT2D eigenvalue weighted by molar-refractivity contribution is 0.0814. The molecule has 10 heteroatoms. The van der Waals surface area contributed by atoms with Gasteiger partial charge in [0.2, 0.25) is 0 Å². The summed E-state index contributed by atoms with van der Waals surface area (Å²) in [6, 6.07) is 16.7. The highest BCUT2D eigenvalue weighted by molar-refractivity contribution is 9.10. The van der Waals surface area contributed by atoms with Gasteiger partial charge in [-0.05, 0) is 67.9 Å². The van der Waals surface area contributed by atoms with Crippen LogP contribution in [0.25, 0.3) is 0 Å². The van der Waals surface area contributed by atoms with E-state index in [9.17, 15) is 17.6 Å². The van der Waals surface area contributed by atoms with Crippen LogP contribution in [-0.4, -0.2) is 52.2 Å². The third kappa shape index (κ3) is 5.82. The number of carbonyl (C=O) groups excluding carboxylic acids is 1. The van der Waals surface area contributed by atoms with Crippen molar-refractivity contribution >= 4 is 37.5 Å². The summed E-state index contributed by atoms with van der Waals surface area (Å²) in [6.07, 6.45) is -0.575. The maximum absolute atomic E-state index is 15.1. The van der Waals surface area contributed by atoms with Gasteiger partial charge in [0.25, 0.3) is 0 Å². The van der Waals surface area contributed by atoms with Crippen molar-refractivity contribution in [1.29, 1.82) is 0 Å². The first kappa shape index (κ1) is 29.0. The van der Waals surface area contributed by atoms with Crippen LogP contribution in [-0.2, 0) is 19.3 Å². The molecule has 0 aromatic heterocycles. The maximum atomic E-state index is 15.1. The first-order chi connectivity index (χ1) is 18.4. The molecule has 208 valence electrons. The summed E-state index contributed by atoms with van der Waals surface area (Å²) in [5.41, 5.74) is 1.95. The summed E-state index contributed by atoms with van der Waals surface area (Å²) in [4.78, 5) is 16.7. The molecule has 1 amide bonds. The summed E-state index contributed by atoms with van der Waals surface area (Å²) < 4.78 is 61.6. The number of halogens is 3. The fraction of sp³-hybridized carbons (Fsp3) is 0.345. The Balaban J connectivity index is 1.53. The topological polar surface area (TPSA) is 66.9 Å². The van der Waals surface area contributed by atoms with Crippen LogP contribution >= 0.6 is 15.9 Å². The third-order valence-corrected chi connectivity index (χ3v) is 10.7. The molecule has 1 aliphatic rings. The highest BCUT2D eigenvalue weighted by Gasteiger charge is 2.49. The minimum Gasteiger partial charge on any atom is -0.449 e. The molecule has 0 spiro atoms. The summed E-state index contributed by atoms with van der Waals surface area (Å²) in [5, 5.41) is 0. The van der Waals surface area contributed by atoms with Crippen LogP contribution in [0.3, 0.4) is 0 Å². The first-order valence-corrected chi connectivity index (χ1v) is 14.9. The fourth-order valence-electron chi connectivity index (χ4n) is 4.91. The Morgan fingerprint density at radius 3 is 2.31 bits per heavy atom. The number of hydrogen-bond donors (Lipinski definition) is 0. The van der Waals surface area contributed by atoms with Crippen molar-refractivity contribution in [2.24, 2.45) is 5.92 Å². The van der Waals surface area contributed by atoms with E-state index >= 15 is 4.39 Å². The molecule has 3 aromatic rings. The molecule has 0 aliphatic carbocycles. The first-order valence-electron chi connectivity index (χ1n) is 12.6. The number of hydrogen-bond acceptors (Lipinski definition) is 5. The van der Waals surface area contributed by atoms with E-state index in [1.807, 2.05) is 31.2 Å². The molecule has 2 unspecified atom stereocenters. The minimum absolute atomic E-state index is 0.0534. The number of aryl methyl sites for hydroxylation is 1. The lowest BCUT2D eigenvalue weighted by atomic mass is 9.87. The number of amides is 1. The van der Waals surface area contributed by atoms with Gasteiger partial charge in [-0.3, -0.25) is 0 Å². The molecule has 0 radical (unpaired) electrons. The number of anilines is 1. The van der Waals surface area contributed by atoms with Crippen LogP contribution in [0.1, 0.15) is 25.0 Å². The molecule has 0 bridgehead atoms. The second-order valence-electron chi connectivity index (χ2n) is 9.93. The SMILES string of the molecule is Cc1ccccc1N1CCN(C(=O)OCC(C)C(C)(c2cc(F)ccc2F)S(=O)(=O)c2ccc(Br)cc2)CC1. The number of nitrogens with zero attached hydrogens (tertiary/aromatic N) is 2. The molecule has 2 atom stereocenters. The van der Waals surface area contributed by atoms with Crippen LogP contribution in [0.2, 0.25) is 0 Å². The van der Waals surface area contributed by atoms with Crippen LogP contribution < -0.4 is 4.90 Å². The highest BCUT2D eigenvalue weighted by Crippen LogP contribution is 2.43. The molecule has 0 saturated carbocycles. The Bertz CT molecular complexity index is 1440. The summed E-state index contributed by atoms with van der Waals surface area (Å²) in [7, 11) is -4.26. The molecule has 39 heavy (non-hydrogen) atoms. The standard InChI is InChI=1S/C29H31BrF2N2O4S/c1-20-6-4-5-7-27(20)33-14-16-34(17-15-33)28(35)38-19-21(2)29(3,25-18-23(31)10-13-26(25)32)39(36,37)24-11-8-22(30)9-12-24/h4-13,18,21H,14-17,19H2,1-3H3. The van der Waals surface area contributed by atoms with Gasteiger partial charge in [0.15, 0.2) is 9.84 Å². The van der Waals surface area contributed by atoms with Crippen molar-refractivity contribution in [3.05, 3.63) is 94.0 Å². The van der Waals surface area contributed by atoms with Crippen LogP contribution in [0.15, 0.2) is 76.1 Å². The van der Waals surface area contributed by atoms with Gasteiger partial charge in [-0.1, -0.05) is 41.1 Å². The molecule has 4 rings (SSSR count). The molecular formula is C29H31BrF2N2O4S. The number of para-hydroxylation sites is 1. The lowest BCUT2D eigenvalue weighted by Crippen LogP contribution is -2.50. The smallest absolute Gasteiger partial charge is 0.409 e. The van der Waals surface area contributed by atoms with E-state index in [4.69, 9.17) is 4.74 Å². The van der Waals surface area contributed by atoms with Crippen molar-refractivity contribution in [2.75, 3.05) is 37.7 Å². The Morgan fingerprint density at radius 1 is 1.03 bits per heavy atom. The van der Waals surface area contributed by atoms with E-state index in [0.717, 1.165) is 29.4 Å². The number of rotatable bonds is 7. The minimum atomic E-state index is -4.26. The molecule has 1 fully saturated rings. The average molecular weight is 622 g/mol. The number of ether oxygens (including phenoxy) is 1. The Morgan fingerprint density at radius 2 is 1.67 bits per heavy atom. The molecular weight excluding hydrogens is 590 g/mol. The Labute approximate surface area is 236 Å². The van der Waals surface area contributed by atoms with E-state index in [-0.39, 0.29) is 17.1 Å². The van der Waals surface area contributed by atoms with E-state index in [2.05, 4.69) is 20.8 Å². The van der Waals surface area contributed by atoms with Gasteiger partial charge in [-0.15, -0.1) is 0 Å². The second-order valence-corrected chi connectivity index (χ2v) is 13.2. The summed E-state index contributed by atoms with van der Waals surface area (Å²) in [5.74, 6) is -2.54. The normalized spacial score (nSPS) is 16.5. The Kier molecular flexibility index (Phi) is 8.66. The predicted molar refractivity (Wildman–Crippen MR) is 151 cm³/mol. The van der Waals surface area contributed by atoms with Gasteiger partial charge in [0, 0.05) is 47.8 Å². The molecule has 1 aliphatic heterocycles. The van der Waals surface area contributed by atoms with Crippen molar-refractivity contribution in [1.82, 2.24) is 4.90 Å². The quantitative estimate of drug-likeness (QED) is 0.309. The predicted octanol–water partition coefficient (Wildman–Crippen LogP) is 6.32. The zero-order chi connectivity index (χ0) is 28.4. The highest BCUT2D eigenvalue weighted by atomic mass is 79.9. The van der Waals surface area contributed by atoms with Crippen molar-refractivity contribution < 1.29 is 26.7 Å². The van der Waals surface area contributed by atoms with Gasteiger partial charge in [-0.25, -0.2) is 22.0 Å². The van der Waals surface area contributed by atoms with Crippen molar-refractivity contribution in [2.45, 2.75) is 30.4 Å². The monoisotopic (exact) mass is 620 g/mol. The second kappa shape index (κ2) is 11.6. The zero-order valence-electron chi connectivity index (χ0n) is 22.0. The summed E-state index contributed by atoms with van der Waals surface area (Å²) >= 11 is 3.29. The molecule has 3 aromatic carbocycles. The van der Waals surface area contributed by atoms with Crippen LogP contribution in [0, 0.1) is 24.5 Å². The van der Waals surface area contributed by atoms with Gasteiger partial charge >= 0.3 is 6.09 Å². The fourth-order valence-corrected chi connectivity index (χ4v) is 7.20. The van der Waals surface area contributed by atoms with Crippen LogP contribution in [0.4, 0.5) is 19.3 Å². The summed E-state index contributed by atoms with van der Waals surface area (Å²) in [6.45, 7) is 6.77. The number of carbonyl (C=O) groups is 1. The van der Waals surface area contributed by atoms with E-state index in [1.54, 1.807) is 24.0 Å². The average Bonchev–Trinajstić information content (AvgIpc) is 2.93.